The number of nitrogens with zero attached hydrogens (tertiary/aromatic N) is 1. The van der Waals surface area contributed by atoms with Crippen LogP contribution < -0.4 is 15.2 Å². The lowest BCUT2D eigenvalue weighted by Crippen LogP contribution is -2.14. The smallest absolute Gasteiger partial charge is 0.330 e. The van der Waals surface area contributed by atoms with E-state index in [9.17, 15) is 9.18 Å². The summed E-state index contributed by atoms with van der Waals surface area (Å²) in [6, 6.07) is 11.1. The molecule has 0 saturated heterocycles. The van der Waals surface area contributed by atoms with Crippen molar-refractivity contribution in [3.63, 3.8) is 0 Å². The number of nitrogens with one attached hydrogen (secondary N) is 1. The number of halogens is 1. The molecule has 0 aliphatic rings. The Bertz CT molecular complexity index is 882. The van der Waals surface area contributed by atoms with Crippen LogP contribution in [0.4, 0.5) is 4.39 Å². The molecule has 23 heavy (non-hydrogen) atoms. The highest BCUT2D eigenvalue weighted by Gasteiger charge is 2.10. The van der Waals surface area contributed by atoms with Gasteiger partial charge in [0.05, 0.1) is 25.6 Å². The average molecular weight is 314 g/mol. The lowest BCUT2D eigenvalue weighted by atomic mass is 10.2. The molecule has 0 aliphatic carbocycles. The molecule has 118 valence electrons. The lowest BCUT2D eigenvalue weighted by Gasteiger charge is -2.09. The molecule has 1 N–H and O–H groups in total. The summed E-state index contributed by atoms with van der Waals surface area (Å²) in [6.07, 6.45) is 1.66. The van der Waals surface area contributed by atoms with E-state index in [0.717, 1.165) is 5.56 Å². The predicted octanol–water partition coefficient (Wildman–Crippen LogP) is 2.99. The Morgan fingerprint density at radius 3 is 2.35 bits per heavy atom. The van der Waals surface area contributed by atoms with E-state index in [1.54, 1.807) is 43.6 Å². The number of ether oxygens (including phenoxy) is 2. The molecule has 2 aromatic carbocycles. The van der Waals surface area contributed by atoms with Crippen LogP contribution in [0, 0.1) is 5.82 Å². The third kappa shape index (κ3) is 2.83. The number of rotatable bonds is 4. The van der Waals surface area contributed by atoms with Gasteiger partial charge >= 0.3 is 5.69 Å². The van der Waals surface area contributed by atoms with E-state index >= 15 is 0 Å². The Morgan fingerprint density at radius 2 is 1.70 bits per heavy atom. The highest BCUT2D eigenvalue weighted by molar-refractivity contribution is 5.59. The van der Waals surface area contributed by atoms with Crippen LogP contribution in [0.5, 0.6) is 11.5 Å². The van der Waals surface area contributed by atoms with Gasteiger partial charge in [-0.15, -0.1) is 0 Å². The van der Waals surface area contributed by atoms with Crippen LogP contribution in [-0.2, 0) is 0 Å². The van der Waals surface area contributed by atoms with Crippen molar-refractivity contribution >= 4 is 0 Å². The van der Waals surface area contributed by atoms with Crippen molar-refractivity contribution in [2.24, 2.45) is 0 Å². The average Bonchev–Trinajstić information content (AvgIpc) is 2.96. The topological polar surface area (TPSA) is 56.2 Å². The summed E-state index contributed by atoms with van der Waals surface area (Å²) >= 11 is 0. The summed E-state index contributed by atoms with van der Waals surface area (Å²) in [4.78, 5) is 15.0. The number of benzene rings is 2. The first-order valence-corrected chi connectivity index (χ1v) is 6.92. The van der Waals surface area contributed by atoms with Gasteiger partial charge in [0.15, 0.2) is 11.5 Å². The van der Waals surface area contributed by atoms with E-state index in [4.69, 9.17) is 9.47 Å². The zero-order valence-electron chi connectivity index (χ0n) is 12.7. The Morgan fingerprint density at radius 1 is 1.00 bits per heavy atom. The fourth-order valence-corrected chi connectivity index (χ4v) is 2.34. The second kappa shape index (κ2) is 6.00. The maximum Gasteiger partial charge on any atom is 0.330 e. The van der Waals surface area contributed by atoms with Gasteiger partial charge in [-0.25, -0.2) is 9.18 Å². The molecule has 1 heterocycles. The van der Waals surface area contributed by atoms with Crippen LogP contribution in [0.15, 0.2) is 53.5 Å². The normalized spacial score (nSPS) is 10.6. The second-order valence-corrected chi connectivity index (χ2v) is 4.89. The van der Waals surface area contributed by atoms with Gasteiger partial charge in [0.25, 0.3) is 0 Å². The molecular weight excluding hydrogens is 299 g/mol. The van der Waals surface area contributed by atoms with E-state index < -0.39 is 0 Å². The molecule has 0 amide bonds. The minimum Gasteiger partial charge on any atom is -0.493 e. The monoisotopic (exact) mass is 314 g/mol. The quantitative estimate of drug-likeness (QED) is 0.805. The second-order valence-electron chi connectivity index (χ2n) is 4.89. The first-order valence-electron chi connectivity index (χ1n) is 6.92. The summed E-state index contributed by atoms with van der Waals surface area (Å²) in [6.45, 7) is 0. The van der Waals surface area contributed by atoms with Gasteiger partial charge in [0.2, 0.25) is 0 Å². The number of hydrogen-bond acceptors (Lipinski definition) is 3. The molecule has 3 rings (SSSR count). The minimum atomic E-state index is -0.324. The number of aromatic amines is 1. The Hall–Kier alpha value is -3.02. The third-order valence-electron chi connectivity index (χ3n) is 3.52. The molecule has 3 aromatic rings. The van der Waals surface area contributed by atoms with Crippen LogP contribution >= 0.6 is 0 Å². The van der Waals surface area contributed by atoms with E-state index in [1.807, 2.05) is 0 Å². The number of aromatic nitrogens is 2. The highest BCUT2D eigenvalue weighted by Crippen LogP contribution is 2.29. The number of hydrogen-bond donors (Lipinski definition) is 1. The zero-order valence-corrected chi connectivity index (χ0v) is 12.7. The highest BCUT2D eigenvalue weighted by atomic mass is 19.1. The van der Waals surface area contributed by atoms with Gasteiger partial charge in [-0.3, -0.25) is 4.57 Å². The SMILES string of the molecule is COc1ccc(-n2cc(-c3ccc(F)cc3)[nH]c2=O)cc1OC. The molecule has 1 aromatic heterocycles. The number of H-pyrrole nitrogens is 1. The standard InChI is InChI=1S/C17H15FN2O3/c1-22-15-8-7-13(9-16(15)23-2)20-10-14(19-17(20)21)11-3-5-12(18)6-4-11/h3-10H,1-2H3,(H,19,21). The van der Waals surface area contributed by atoms with Crippen molar-refractivity contribution in [3.05, 3.63) is 65.0 Å². The largest absolute Gasteiger partial charge is 0.493 e. The van der Waals surface area contributed by atoms with Crippen molar-refractivity contribution in [2.45, 2.75) is 0 Å². The molecule has 0 aliphatic heterocycles. The van der Waals surface area contributed by atoms with E-state index in [0.29, 0.717) is 22.9 Å². The van der Waals surface area contributed by atoms with Crippen LogP contribution in [0.1, 0.15) is 0 Å². The summed E-state index contributed by atoms with van der Waals surface area (Å²) in [5.41, 5.74) is 1.67. The van der Waals surface area contributed by atoms with Gasteiger partial charge in [-0.2, -0.15) is 0 Å². The molecule has 6 heteroatoms. The summed E-state index contributed by atoms with van der Waals surface area (Å²) < 4.78 is 24.9. The molecule has 0 unspecified atom stereocenters. The fraction of sp³-hybridized carbons (Fsp3) is 0.118. The first-order chi connectivity index (χ1) is 11.1. The molecular formula is C17H15FN2O3. The van der Waals surface area contributed by atoms with Crippen molar-refractivity contribution in [3.8, 4) is 28.4 Å². The van der Waals surface area contributed by atoms with Crippen LogP contribution in [0.2, 0.25) is 0 Å². The van der Waals surface area contributed by atoms with E-state index in [1.165, 1.54) is 23.8 Å². The molecule has 0 bridgehead atoms. The lowest BCUT2D eigenvalue weighted by molar-refractivity contribution is 0.355. The van der Waals surface area contributed by atoms with Crippen molar-refractivity contribution in [1.82, 2.24) is 9.55 Å². The van der Waals surface area contributed by atoms with Crippen LogP contribution in [-0.4, -0.2) is 23.8 Å². The Balaban J connectivity index is 2.04. The van der Waals surface area contributed by atoms with Crippen molar-refractivity contribution in [2.75, 3.05) is 14.2 Å². The molecule has 0 saturated carbocycles. The number of methoxy groups -OCH3 is 2. The fourth-order valence-electron chi connectivity index (χ4n) is 2.34. The van der Waals surface area contributed by atoms with Gasteiger partial charge in [0.1, 0.15) is 5.82 Å². The Labute approximate surface area is 131 Å². The molecule has 0 spiro atoms. The molecule has 0 atom stereocenters. The maximum atomic E-state index is 13.0. The van der Waals surface area contributed by atoms with Gasteiger partial charge in [0, 0.05) is 12.3 Å². The van der Waals surface area contributed by atoms with E-state index in [2.05, 4.69) is 4.98 Å². The maximum absolute atomic E-state index is 13.0. The van der Waals surface area contributed by atoms with Crippen LogP contribution in [0.25, 0.3) is 16.9 Å². The molecule has 5 nitrogen and oxygen atoms in total. The summed E-state index contributed by atoms with van der Waals surface area (Å²) in [7, 11) is 3.08. The third-order valence-corrected chi connectivity index (χ3v) is 3.52. The Kier molecular flexibility index (Phi) is 3.89. The zero-order chi connectivity index (χ0) is 16.4. The molecule has 0 fully saturated rings. The summed E-state index contributed by atoms with van der Waals surface area (Å²) in [5, 5.41) is 0. The van der Waals surface area contributed by atoms with Gasteiger partial charge < -0.3 is 14.5 Å². The number of imidazole rings is 1. The van der Waals surface area contributed by atoms with E-state index in [-0.39, 0.29) is 11.5 Å². The van der Waals surface area contributed by atoms with Gasteiger partial charge in [-0.05, 0) is 42.0 Å². The minimum absolute atomic E-state index is 0.295. The van der Waals surface area contributed by atoms with Crippen molar-refractivity contribution in [1.29, 1.82) is 0 Å². The first kappa shape index (κ1) is 14.9. The van der Waals surface area contributed by atoms with Crippen LogP contribution in [0.3, 0.4) is 0 Å². The van der Waals surface area contributed by atoms with Crippen molar-refractivity contribution < 1.29 is 13.9 Å². The molecule has 0 radical (unpaired) electrons. The summed E-state index contributed by atoms with van der Waals surface area (Å²) in [5.74, 6) is 0.787. The predicted molar refractivity (Wildman–Crippen MR) is 84.9 cm³/mol. The van der Waals surface area contributed by atoms with Gasteiger partial charge in [-0.1, -0.05) is 0 Å².